The van der Waals surface area contributed by atoms with Gasteiger partial charge in [-0.05, 0) is 36.3 Å². The lowest BCUT2D eigenvalue weighted by Crippen LogP contribution is -2.32. The normalized spacial score (nSPS) is 15.8. The maximum Gasteiger partial charge on any atom is 0.340 e. The molecule has 0 aliphatic carbocycles. The van der Waals surface area contributed by atoms with Crippen LogP contribution >= 0.6 is 15.9 Å². The molecule has 2 aromatic carbocycles. The highest BCUT2D eigenvalue weighted by Gasteiger charge is 2.34. The lowest BCUT2D eigenvalue weighted by atomic mass is 9.94. The van der Waals surface area contributed by atoms with Crippen molar-refractivity contribution in [3.05, 3.63) is 75.1 Å². The third-order valence-electron chi connectivity index (χ3n) is 6.78. The van der Waals surface area contributed by atoms with Crippen molar-refractivity contribution in [1.82, 2.24) is 9.55 Å². The van der Waals surface area contributed by atoms with Crippen molar-refractivity contribution in [3.63, 3.8) is 0 Å². The molecule has 7 heteroatoms. The fraction of sp³-hybridized carbons (Fsp3) is 0.321. The van der Waals surface area contributed by atoms with Crippen LogP contribution < -0.4 is 5.56 Å². The lowest BCUT2D eigenvalue weighted by Gasteiger charge is -2.21. The van der Waals surface area contributed by atoms with Crippen molar-refractivity contribution < 1.29 is 16.1 Å². The highest BCUT2D eigenvalue weighted by atomic mass is 79.9. The quantitative estimate of drug-likeness (QED) is 0.139. The van der Waals surface area contributed by atoms with Gasteiger partial charge >= 0.3 is 5.97 Å². The predicted molar refractivity (Wildman–Crippen MR) is 143 cm³/mol. The van der Waals surface area contributed by atoms with Crippen LogP contribution in [0, 0.1) is 0 Å². The van der Waals surface area contributed by atoms with E-state index in [1.165, 1.54) is 5.56 Å². The van der Waals surface area contributed by atoms with Gasteiger partial charge in [0.25, 0.3) is 5.56 Å². The molecule has 2 aliphatic rings. The second kappa shape index (κ2) is 9.55. The molecule has 0 saturated carbocycles. The minimum atomic E-state index is -1.45. The number of ether oxygens (including phenoxy) is 1. The number of hydrogen-bond acceptors (Lipinski definition) is 5. The molecule has 0 amide bonds. The molecule has 6 nitrogen and oxygen atoms in total. The number of cyclic esters (lactones) is 1. The maximum atomic E-state index is 13.3. The van der Waals surface area contributed by atoms with Gasteiger partial charge in [-0.25, -0.2) is 9.78 Å². The molecule has 182 valence electrons. The van der Waals surface area contributed by atoms with Crippen LogP contribution in [-0.4, -0.2) is 26.0 Å². The number of pyridine rings is 2. The molecule has 0 saturated heterocycles. The lowest BCUT2D eigenvalue weighted by molar-refractivity contribution is -0.157. The first-order chi connectivity index (χ1) is 17.1. The van der Waals surface area contributed by atoms with Crippen LogP contribution in [0.3, 0.4) is 0 Å². The molecular weight excluding hydrogens is 508 g/mol. The summed E-state index contributed by atoms with van der Waals surface area (Å²) in [5, 5.41) is 14.6. The minimum absolute atomic E-state index is 0. The Balaban J connectivity index is 0.000000990. The molecule has 2 aromatic heterocycles. The van der Waals surface area contributed by atoms with E-state index in [2.05, 4.69) is 40.2 Å². The third kappa shape index (κ3) is 3.78. The molecule has 0 spiro atoms. The van der Waals surface area contributed by atoms with Crippen LogP contribution in [0.1, 0.15) is 56.5 Å². The van der Waals surface area contributed by atoms with Gasteiger partial charge in [-0.15, -0.1) is 0 Å². The topological polar surface area (TPSA) is 81.4 Å². The number of fused-ring (bicyclic) bond motifs is 7. The van der Waals surface area contributed by atoms with Gasteiger partial charge in [0.15, 0.2) is 6.10 Å². The number of esters is 1. The third-order valence-corrected chi connectivity index (χ3v) is 7.34. The number of aliphatic hydroxyl groups is 1. The molecular formula is C28H29BrN2O4. The molecule has 2 aliphatic heterocycles. The standard InChI is InChI=1S/C26H21BrN2O4.C2H6.H2/c27-10-4-3-7-16-17-9-8-14-5-1-2-6-15(14)22(17)28-23-19(16)12-29-21(23)11-18-20(25(29)31)13-33-26(32)24(18)30;1-2;/h1-2,5-6,8-9,11,24,30H,3-4,7,10,12-13H2;1-2H3;1H. The van der Waals surface area contributed by atoms with Crippen LogP contribution in [0.4, 0.5) is 0 Å². The van der Waals surface area contributed by atoms with Crippen molar-refractivity contribution in [1.29, 1.82) is 0 Å². The van der Waals surface area contributed by atoms with Gasteiger partial charge in [0.05, 0.1) is 29.0 Å². The van der Waals surface area contributed by atoms with E-state index in [-0.39, 0.29) is 13.6 Å². The van der Waals surface area contributed by atoms with E-state index in [0.29, 0.717) is 23.4 Å². The Morgan fingerprint density at radius 3 is 2.71 bits per heavy atom. The first-order valence-corrected chi connectivity index (χ1v) is 13.2. The zero-order valence-electron chi connectivity index (χ0n) is 19.8. The monoisotopic (exact) mass is 536 g/mol. The van der Waals surface area contributed by atoms with E-state index in [1.807, 2.05) is 26.0 Å². The SMILES string of the molecule is CC.O=C1OCc2c(cc3n(c2=O)Cc2c-3nc3c(ccc4ccccc43)c2CCCCBr)C1O.[HH]. The van der Waals surface area contributed by atoms with E-state index >= 15 is 0 Å². The Bertz CT molecular complexity index is 1530. The van der Waals surface area contributed by atoms with Gasteiger partial charge in [0.2, 0.25) is 0 Å². The second-order valence-electron chi connectivity index (χ2n) is 8.61. The van der Waals surface area contributed by atoms with Crippen LogP contribution in [-0.2, 0) is 29.1 Å². The van der Waals surface area contributed by atoms with Gasteiger partial charge in [0.1, 0.15) is 6.61 Å². The van der Waals surface area contributed by atoms with Crippen molar-refractivity contribution in [3.8, 4) is 11.4 Å². The van der Waals surface area contributed by atoms with E-state index in [0.717, 1.165) is 57.5 Å². The smallest absolute Gasteiger partial charge is 0.340 e. The van der Waals surface area contributed by atoms with Crippen molar-refractivity contribution >= 4 is 43.6 Å². The summed E-state index contributed by atoms with van der Waals surface area (Å²) in [6.07, 6.45) is 1.51. The largest absolute Gasteiger partial charge is 0.458 e. The molecule has 0 fully saturated rings. The number of carbonyl (C=O) groups is 1. The average molecular weight is 537 g/mol. The van der Waals surface area contributed by atoms with Gasteiger partial charge < -0.3 is 14.4 Å². The molecule has 1 unspecified atom stereocenters. The fourth-order valence-electron chi connectivity index (χ4n) is 5.13. The predicted octanol–water partition coefficient (Wildman–Crippen LogP) is 5.66. The summed E-state index contributed by atoms with van der Waals surface area (Å²) in [5.41, 5.74) is 5.04. The first-order valence-electron chi connectivity index (χ1n) is 12.1. The zero-order chi connectivity index (χ0) is 24.7. The zero-order valence-corrected chi connectivity index (χ0v) is 21.4. The highest BCUT2D eigenvalue weighted by molar-refractivity contribution is 9.09. The Hall–Kier alpha value is -3.03. The summed E-state index contributed by atoms with van der Waals surface area (Å²) in [6, 6.07) is 14.2. The molecule has 4 aromatic rings. The number of halogens is 1. The van der Waals surface area contributed by atoms with E-state index < -0.39 is 12.1 Å². The summed E-state index contributed by atoms with van der Waals surface area (Å²) < 4.78 is 6.72. The summed E-state index contributed by atoms with van der Waals surface area (Å²) in [5.74, 6) is -0.724. The van der Waals surface area contributed by atoms with Crippen molar-refractivity contribution in [2.45, 2.75) is 52.4 Å². The number of rotatable bonds is 4. The average Bonchev–Trinajstić information content (AvgIpc) is 3.26. The van der Waals surface area contributed by atoms with Gasteiger partial charge in [-0.3, -0.25) is 4.79 Å². The number of aromatic nitrogens is 2. The van der Waals surface area contributed by atoms with E-state index in [1.54, 1.807) is 10.6 Å². The summed E-state index contributed by atoms with van der Waals surface area (Å²) in [4.78, 5) is 30.3. The number of carbonyl (C=O) groups excluding carboxylic acids is 1. The van der Waals surface area contributed by atoms with Gasteiger partial charge in [-0.1, -0.05) is 66.2 Å². The Labute approximate surface area is 213 Å². The summed E-state index contributed by atoms with van der Waals surface area (Å²) >= 11 is 3.53. The van der Waals surface area contributed by atoms with Crippen LogP contribution in [0.2, 0.25) is 0 Å². The minimum Gasteiger partial charge on any atom is -0.458 e. The Morgan fingerprint density at radius 2 is 1.91 bits per heavy atom. The van der Waals surface area contributed by atoms with Crippen LogP contribution in [0.25, 0.3) is 33.1 Å². The number of unbranched alkanes of at least 4 members (excludes halogenated alkanes) is 1. The number of nitrogens with zero attached hydrogens (tertiary/aromatic N) is 2. The molecule has 1 atom stereocenters. The van der Waals surface area contributed by atoms with Crippen LogP contribution in [0.5, 0.6) is 0 Å². The first kappa shape index (κ1) is 23.7. The maximum absolute atomic E-state index is 13.3. The Morgan fingerprint density at radius 1 is 1.11 bits per heavy atom. The van der Waals surface area contributed by atoms with Crippen LogP contribution in [0.15, 0.2) is 47.3 Å². The summed E-state index contributed by atoms with van der Waals surface area (Å²) in [7, 11) is 0. The van der Waals surface area contributed by atoms with Crippen molar-refractivity contribution in [2.24, 2.45) is 0 Å². The highest BCUT2D eigenvalue weighted by Crippen LogP contribution is 2.39. The number of aryl methyl sites for hydroxylation is 1. The number of aliphatic hydroxyl groups excluding tert-OH is 1. The van der Waals surface area contributed by atoms with E-state index in [4.69, 9.17) is 9.72 Å². The second-order valence-corrected chi connectivity index (χ2v) is 9.40. The molecule has 6 rings (SSSR count). The fourth-order valence-corrected chi connectivity index (χ4v) is 5.52. The van der Waals surface area contributed by atoms with Crippen molar-refractivity contribution in [2.75, 3.05) is 5.33 Å². The number of hydrogen-bond donors (Lipinski definition) is 1. The number of benzene rings is 2. The van der Waals surface area contributed by atoms with Gasteiger partial charge in [-0.2, -0.15) is 0 Å². The number of alkyl halides is 1. The summed E-state index contributed by atoms with van der Waals surface area (Å²) in [6.45, 7) is 4.32. The molecule has 35 heavy (non-hydrogen) atoms. The molecule has 1 N–H and O–H groups in total. The molecule has 0 radical (unpaired) electrons. The molecule has 0 bridgehead atoms. The Kier molecular flexibility index (Phi) is 6.47. The van der Waals surface area contributed by atoms with Gasteiger partial charge in [0, 0.05) is 28.7 Å². The van der Waals surface area contributed by atoms with E-state index in [9.17, 15) is 14.7 Å². The molecule has 4 heterocycles.